The van der Waals surface area contributed by atoms with E-state index >= 15 is 0 Å². The second-order valence-electron chi connectivity index (χ2n) is 7.06. The summed E-state index contributed by atoms with van der Waals surface area (Å²) >= 11 is 0. The zero-order chi connectivity index (χ0) is 19.0. The van der Waals surface area contributed by atoms with Crippen LogP contribution in [0.5, 0.6) is 0 Å². The lowest BCUT2D eigenvalue weighted by molar-refractivity contribution is -0.143. The molecule has 2 aromatic rings. The number of nitrogens with zero attached hydrogens (tertiary/aromatic N) is 4. The van der Waals surface area contributed by atoms with Crippen molar-refractivity contribution in [1.82, 2.24) is 19.7 Å². The molecular formula is C19H23N5O3. The van der Waals surface area contributed by atoms with E-state index in [0.717, 1.165) is 22.9 Å². The largest absolute Gasteiger partial charge is 0.381 e. The molecule has 2 amide bonds. The SMILES string of the molecule is Cc1nnc(-c2cccc(NC3CC(=O)N(C4CCOCC4)C3=O)c2)n1C. The topological polar surface area (TPSA) is 89.4 Å². The van der Waals surface area contributed by atoms with Gasteiger partial charge in [-0.2, -0.15) is 0 Å². The van der Waals surface area contributed by atoms with Crippen molar-refractivity contribution in [2.24, 2.45) is 7.05 Å². The van der Waals surface area contributed by atoms with Crippen LogP contribution in [-0.2, 0) is 21.4 Å². The number of rotatable bonds is 4. The van der Waals surface area contributed by atoms with Crippen LogP contribution in [0.1, 0.15) is 25.1 Å². The normalized spacial score (nSPS) is 21.1. The van der Waals surface area contributed by atoms with Gasteiger partial charge in [-0.05, 0) is 31.9 Å². The number of ether oxygens (including phenoxy) is 1. The number of hydrogen-bond donors (Lipinski definition) is 1. The lowest BCUT2D eigenvalue weighted by atomic mass is 10.1. The van der Waals surface area contributed by atoms with Crippen molar-refractivity contribution in [2.75, 3.05) is 18.5 Å². The monoisotopic (exact) mass is 369 g/mol. The Labute approximate surface area is 157 Å². The van der Waals surface area contributed by atoms with Gasteiger partial charge >= 0.3 is 0 Å². The number of nitrogens with one attached hydrogen (secondary N) is 1. The third-order valence-electron chi connectivity index (χ3n) is 5.29. The zero-order valence-electron chi connectivity index (χ0n) is 15.5. The molecule has 2 aliphatic rings. The molecule has 1 N–H and O–H groups in total. The minimum atomic E-state index is -0.531. The van der Waals surface area contributed by atoms with Gasteiger partial charge in [0.2, 0.25) is 5.91 Å². The van der Waals surface area contributed by atoms with Crippen molar-refractivity contribution in [3.05, 3.63) is 30.1 Å². The summed E-state index contributed by atoms with van der Waals surface area (Å²) < 4.78 is 7.25. The Morgan fingerprint density at radius 1 is 1.19 bits per heavy atom. The molecule has 8 heteroatoms. The van der Waals surface area contributed by atoms with E-state index < -0.39 is 6.04 Å². The van der Waals surface area contributed by atoms with E-state index in [-0.39, 0.29) is 24.3 Å². The van der Waals surface area contributed by atoms with Gasteiger partial charge in [0.15, 0.2) is 5.82 Å². The lowest BCUT2D eigenvalue weighted by Gasteiger charge is -2.29. The van der Waals surface area contributed by atoms with Crippen LogP contribution in [0.25, 0.3) is 11.4 Å². The maximum absolute atomic E-state index is 12.8. The van der Waals surface area contributed by atoms with Gasteiger partial charge in [0.1, 0.15) is 11.9 Å². The molecule has 2 fully saturated rings. The summed E-state index contributed by atoms with van der Waals surface area (Å²) in [5.74, 6) is 1.33. The average Bonchev–Trinajstić information content (AvgIpc) is 3.15. The molecule has 3 heterocycles. The molecule has 0 radical (unpaired) electrons. The van der Waals surface area contributed by atoms with Crippen molar-refractivity contribution >= 4 is 17.5 Å². The highest BCUT2D eigenvalue weighted by atomic mass is 16.5. The van der Waals surface area contributed by atoms with E-state index in [4.69, 9.17) is 4.74 Å². The van der Waals surface area contributed by atoms with Crippen molar-refractivity contribution in [3.63, 3.8) is 0 Å². The fourth-order valence-corrected chi connectivity index (χ4v) is 3.70. The van der Waals surface area contributed by atoms with E-state index in [1.54, 1.807) is 0 Å². The average molecular weight is 369 g/mol. The van der Waals surface area contributed by atoms with Gasteiger partial charge in [-0.15, -0.1) is 10.2 Å². The van der Waals surface area contributed by atoms with Crippen molar-refractivity contribution in [2.45, 2.75) is 38.3 Å². The van der Waals surface area contributed by atoms with Crippen molar-refractivity contribution in [1.29, 1.82) is 0 Å². The summed E-state index contributed by atoms with van der Waals surface area (Å²) in [7, 11) is 1.91. The molecule has 142 valence electrons. The highest BCUT2D eigenvalue weighted by Gasteiger charge is 2.42. The van der Waals surface area contributed by atoms with Gasteiger partial charge in [-0.3, -0.25) is 14.5 Å². The first kappa shape index (κ1) is 17.7. The number of carbonyl (C=O) groups excluding carboxylic acids is 2. The highest BCUT2D eigenvalue weighted by molar-refractivity contribution is 6.07. The van der Waals surface area contributed by atoms with Gasteiger partial charge in [0, 0.05) is 37.6 Å². The predicted molar refractivity (Wildman–Crippen MR) is 98.9 cm³/mol. The Morgan fingerprint density at radius 3 is 2.67 bits per heavy atom. The molecule has 1 aromatic carbocycles. The van der Waals surface area contributed by atoms with E-state index in [1.807, 2.05) is 42.8 Å². The van der Waals surface area contributed by atoms with E-state index in [9.17, 15) is 9.59 Å². The summed E-state index contributed by atoms with van der Waals surface area (Å²) in [5, 5.41) is 11.5. The number of hydrogen-bond acceptors (Lipinski definition) is 6. The Morgan fingerprint density at radius 2 is 1.96 bits per heavy atom. The molecule has 2 saturated heterocycles. The molecule has 0 bridgehead atoms. The maximum Gasteiger partial charge on any atom is 0.252 e. The van der Waals surface area contributed by atoms with E-state index in [1.165, 1.54) is 4.90 Å². The first-order chi connectivity index (χ1) is 13.0. The Kier molecular flexibility index (Phi) is 4.65. The van der Waals surface area contributed by atoms with Crippen LogP contribution in [0.4, 0.5) is 5.69 Å². The quantitative estimate of drug-likeness (QED) is 0.822. The molecule has 27 heavy (non-hydrogen) atoms. The molecule has 1 aromatic heterocycles. The third-order valence-corrected chi connectivity index (χ3v) is 5.29. The molecule has 0 spiro atoms. The number of aryl methyl sites for hydroxylation is 1. The van der Waals surface area contributed by atoms with Crippen LogP contribution in [0.3, 0.4) is 0 Å². The van der Waals surface area contributed by atoms with Crippen LogP contribution in [-0.4, -0.2) is 56.8 Å². The van der Waals surface area contributed by atoms with Crippen LogP contribution < -0.4 is 5.32 Å². The van der Waals surface area contributed by atoms with Gasteiger partial charge in [-0.1, -0.05) is 12.1 Å². The van der Waals surface area contributed by atoms with Crippen LogP contribution in [0.2, 0.25) is 0 Å². The van der Waals surface area contributed by atoms with Crippen LogP contribution in [0, 0.1) is 6.92 Å². The molecule has 0 saturated carbocycles. The zero-order valence-corrected chi connectivity index (χ0v) is 15.5. The summed E-state index contributed by atoms with van der Waals surface area (Å²) in [5.41, 5.74) is 1.69. The molecule has 1 atom stereocenters. The fraction of sp³-hybridized carbons (Fsp3) is 0.474. The molecule has 0 aliphatic carbocycles. The van der Waals surface area contributed by atoms with Gasteiger partial charge < -0.3 is 14.6 Å². The fourth-order valence-electron chi connectivity index (χ4n) is 3.70. The Bertz CT molecular complexity index is 872. The minimum absolute atomic E-state index is 0.0431. The Balaban J connectivity index is 1.51. The van der Waals surface area contributed by atoms with Crippen LogP contribution >= 0.6 is 0 Å². The summed E-state index contributed by atoms with van der Waals surface area (Å²) in [6.45, 7) is 3.09. The van der Waals surface area contributed by atoms with Gasteiger partial charge in [-0.25, -0.2) is 0 Å². The number of anilines is 1. The number of amides is 2. The molecule has 1 unspecified atom stereocenters. The second kappa shape index (κ2) is 7.11. The second-order valence-corrected chi connectivity index (χ2v) is 7.06. The lowest BCUT2D eigenvalue weighted by Crippen LogP contribution is -2.44. The van der Waals surface area contributed by atoms with Crippen molar-refractivity contribution < 1.29 is 14.3 Å². The molecular weight excluding hydrogens is 346 g/mol. The molecule has 4 rings (SSSR count). The van der Waals surface area contributed by atoms with E-state index in [0.29, 0.717) is 26.1 Å². The van der Waals surface area contributed by atoms with Gasteiger partial charge in [0.05, 0.1) is 6.42 Å². The number of benzene rings is 1. The Hall–Kier alpha value is -2.74. The smallest absolute Gasteiger partial charge is 0.252 e. The summed E-state index contributed by atoms with van der Waals surface area (Å²) in [6, 6.07) is 7.10. The number of aromatic nitrogens is 3. The standard InChI is InChI=1S/C19H23N5O3/c1-12-21-22-18(23(12)2)13-4-3-5-14(10-13)20-16-11-17(25)24(19(16)26)15-6-8-27-9-7-15/h3-5,10,15-16,20H,6-9,11H2,1-2H3. The first-order valence-electron chi connectivity index (χ1n) is 9.21. The third kappa shape index (κ3) is 3.32. The van der Waals surface area contributed by atoms with E-state index in [2.05, 4.69) is 15.5 Å². The number of likely N-dealkylation sites (tertiary alicyclic amines) is 1. The maximum atomic E-state index is 12.8. The first-order valence-corrected chi connectivity index (χ1v) is 9.21. The number of carbonyl (C=O) groups is 2. The molecule has 8 nitrogen and oxygen atoms in total. The highest BCUT2D eigenvalue weighted by Crippen LogP contribution is 2.26. The summed E-state index contributed by atoms with van der Waals surface area (Å²) in [4.78, 5) is 26.7. The van der Waals surface area contributed by atoms with Crippen molar-refractivity contribution in [3.8, 4) is 11.4 Å². The van der Waals surface area contributed by atoms with Crippen LogP contribution in [0.15, 0.2) is 24.3 Å². The minimum Gasteiger partial charge on any atom is -0.381 e. The molecule has 2 aliphatic heterocycles. The van der Waals surface area contributed by atoms with Gasteiger partial charge in [0.25, 0.3) is 5.91 Å². The number of imide groups is 1. The predicted octanol–water partition coefficient (Wildman–Crippen LogP) is 1.51. The summed E-state index contributed by atoms with van der Waals surface area (Å²) in [6.07, 6.45) is 1.61.